The van der Waals surface area contributed by atoms with Crippen molar-refractivity contribution in [2.75, 3.05) is 30.4 Å². The summed E-state index contributed by atoms with van der Waals surface area (Å²) in [6, 6.07) is 0.795. The Balaban J connectivity index is 2.01. The van der Waals surface area contributed by atoms with Crippen LogP contribution in [0.5, 0.6) is 0 Å². The molecule has 1 aliphatic heterocycles. The molecule has 0 bridgehead atoms. The molecule has 2 heterocycles. The van der Waals surface area contributed by atoms with E-state index in [-0.39, 0.29) is 17.7 Å². The molecule has 0 saturated carbocycles. The predicted molar refractivity (Wildman–Crippen MR) is 70.7 cm³/mol. The molecule has 5 nitrogen and oxygen atoms in total. The molecule has 1 atom stereocenters. The number of nitrogens with one attached hydrogen (secondary N) is 2. The lowest BCUT2D eigenvalue weighted by molar-refractivity contribution is 0.327. The Bertz CT molecular complexity index is 434. The highest BCUT2D eigenvalue weighted by Gasteiger charge is 2.17. The van der Waals surface area contributed by atoms with Crippen molar-refractivity contribution in [1.29, 1.82) is 0 Å². The van der Waals surface area contributed by atoms with Crippen LogP contribution in [0.4, 0.5) is 20.4 Å². The number of halogens is 2. The molecule has 7 heteroatoms. The summed E-state index contributed by atoms with van der Waals surface area (Å²) in [7, 11) is 0. The van der Waals surface area contributed by atoms with E-state index in [0.29, 0.717) is 0 Å². The van der Waals surface area contributed by atoms with Crippen LogP contribution in [0.2, 0.25) is 0 Å². The van der Waals surface area contributed by atoms with Gasteiger partial charge in [0.15, 0.2) is 23.3 Å². The predicted octanol–water partition coefficient (Wildman–Crippen LogP) is 1.54. The lowest BCUT2D eigenvalue weighted by Crippen LogP contribution is -2.33. The van der Waals surface area contributed by atoms with E-state index >= 15 is 0 Å². The highest BCUT2D eigenvalue weighted by atomic mass is 19.1. The summed E-state index contributed by atoms with van der Waals surface area (Å²) in [5, 5.41) is 2.95. The van der Waals surface area contributed by atoms with Crippen LogP contribution in [-0.4, -0.2) is 35.6 Å². The van der Waals surface area contributed by atoms with Crippen LogP contribution in [0, 0.1) is 11.6 Å². The Labute approximate surface area is 111 Å². The normalized spacial score (nSPS) is 17.5. The zero-order valence-electron chi connectivity index (χ0n) is 10.9. The second-order valence-corrected chi connectivity index (χ2v) is 4.85. The number of rotatable bonds is 5. The number of anilines is 2. The molecule has 1 aliphatic rings. The van der Waals surface area contributed by atoms with Gasteiger partial charge in [0.25, 0.3) is 0 Å². The van der Waals surface area contributed by atoms with E-state index in [9.17, 15) is 8.78 Å². The molecular weight excluding hydrogens is 252 g/mol. The number of pyridine rings is 1. The lowest BCUT2D eigenvalue weighted by Gasteiger charge is -2.22. The molecule has 106 valence electrons. The Morgan fingerprint density at radius 1 is 1.32 bits per heavy atom. The van der Waals surface area contributed by atoms with E-state index in [1.807, 2.05) is 6.92 Å². The Hall–Kier alpha value is -1.47. The average Bonchev–Trinajstić information content (AvgIpc) is 2.85. The summed E-state index contributed by atoms with van der Waals surface area (Å²) >= 11 is 0. The Kier molecular flexibility index (Phi) is 4.49. The molecule has 2 rings (SSSR count). The van der Waals surface area contributed by atoms with Crippen LogP contribution in [-0.2, 0) is 0 Å². The number of nitrogens with two attached hydrogens (primary N) is 1. The van der Waals surface area contributed by atoms with Gasteiger partial charge in [0, 0.05) is 18.7 Å². The summed E-state index contributed by atoms with van der Waals surface area (Å²) in [4.78, 5) is 6.10. The molecule has 0 aliphatic carbocycles. The van der Waals surface area contributed by atoms with E-state index in [1.165, 1.54) is 12.8 Å². The van der Waals surface area contributed by atoms with E-state index < -0.39 is 11.6 Å². The van der Waals surface area contributed by atoms with Gasteiger partial charge in [-0.2, -0.15) is 0 Å². The molecule has 1 aromatic heterocycles. The summed E-state index contributed by atoms with van der Waals surface area (Å²) in [6.07, 6.45) is 2.41. The number of nitrogens with zero attached hydrogens (tertiary/aromatic N) is 2. The Morgan fingerprint density at radius 3 is 2.58 bits per heavy atom. The van der Waals surface area contributed by atoms with Crippen molar-refractivity contribution >= 4 is 11.6 Å². The molecule has 1 saturated heterocycles. The summed E-state index contributed by atoms with van der Waals surface area (Å²) in [5.74, 6) is 3.44. The molecule has 1 aromatic rings. The number of nitrogen functional groups attached to an aromatic ring is 1. The first kappa shape index (κ1) is 14.0. The Morgan fingerprint density at radius 2 is 1.95 bits per heavy atom. The van der Waals surface area contributed by atoms with Gasteiger partial charge >= 0.3 is 0 Å². The number of hydrogen-bond acceptors (Lipinski definition) is 5. The van der Waals surface area contributed by atoms with Crippen molar-refractivity contribution < 1.29 is 8.78 Å². The molecule has 19 heavy (non-hydrogen) atoms. The first-order valence-electron chi connectivity index (χ1n) is 6.41. The number of aromatic nitrogens is 1. The maximum absolute atomic E-state index is 13.6. The van der Waals surface area contributed by atoms with Gasteiger partial charge in [-0.15, -0.1) is 0 Å². The molecule has 0 aromatic carbocycles. The van der Waals surface area contributed by atoms with Crippen molar-refractivity contribution in [2.45, 2.75) is 25.8 Å². The minimum absolute atomic E-state index is 0.0149. The molecule has 0 spiro atoms. The summed E-state index contributed by atoms with van der Waals surface area (Å²) in [5.41, 5.74) is 2.11. The number of hydrazine groups is 1. The van der Waals surface area contributed by atoms with Crippen molar-refractivity contribution in [2.24, 2.45) is 5.84 Å². The smallest absolute Gasteiger partial charge is 0.178 e. The maximum Gasteiger partial charge on any atom is 0.178 e. The van der Waals surface area contributed by atoms with Crippen LogP contribution >= 0.6 is 0 Å². The average molecular weight is 271 g/mol. The molecule has 0 radical (unpaired) electrons. The van der Waals surface area contributed by atoms with E-state index in [2.05, 4.69) is 20.6 Å². The second-order valence-electron chi connectivity index (χ2n) is 4.85. The number of hydrogen-bond donors (Lipinski definition) is 3. The minimum atomic E-state index is -0.808. The van der Waals surface area contributed by atoms with Crippen LogP contribution in [0.3, 0.4) is 0 Å². The van der Waals surface area contributed by atoms with Crippen LogP contribution < -0.4 is 16.6 Å². The standard InChI is InChI=1S/C12H19F2N5/c1-8(7-19-4-2-3-5-19)16-11-9(13)6-10(14)12(17-11)18-15/h6,8H,2-5,7,15H2,1H3,(H2,16,17,18). The van der Waals surface area contributed by atoms with Gasteiger partial charge < -0.3 is 15.6 Å². The minimum Gasteiger partial charge on any atom is -0.364 e. The summed E-state index contributed by atoms with van der Waals surface area (Å²) < 4.78 is 26.8. The molecular formula is C12H19F2N5. The fourth-order valence-electron chi connectivity index (χ4n) is 2.30. The van der Waals surface area contributed by atoms with Crippen molar-refractivity contribution in [3.63, 3.8) is 0 Å². The molecule has 4 N–H and O–H groups in total. The van der Waals surface area contributed by atoms with Gasteiger partial charge in [-0.05, 0) is 32.9 Å². The first-order valence-corrected chi connectivity index (χ1v) is 6.41. The van der Waals surface area contributed by atoms with Gasteiger partial charge in [0.1, 0.15) is 0 Å². The van der Waals surface area contributed by atoms with Crippen molar-refractivity contribution in [3.8, 4) is 0 Å². The van der Waals surface area contributed by atoms with E-state index in [0.717, 1.165) is 25.7 Å². The fraction of sp³-hybridized carbons (Fsp3) is 0.583. The molecule has 1 unspecified atom stereocenters. The van der Waals surface area contributed by atoms with E-state index in [1.54, 1.807) is 0 Å². The third-order valence-corrected chi connectivity index (χ3v) is 3.18. The van der Waals surface area contributed by atoms with E-state index in [4.69, 9.17) is 5.84 Å². The second kappa shape index (κ2) is 6.12. The van der Waals surface area contributed by atoms with Crippen LogP contribution in [0.15, 0.2) is 6.07 Å². The van der Waals surface area contributed by atoms with Crippen LogP contribution in [0.25, 0.3) is 0 Å². The van der Waals surface area contributed by atoms with Crippen molar-refractivity contribution in [1.82, 2.24) is 9.88 Å². The third kappa shape index (κ3) is 3.51. The highest BCUT2D eigenvalue weighted by Crippen LogP contribution is 2.19. The zero-order chi connectivity index (χ0) is 13.8. The van der Waals surface area contributed by atoms with Gasteiger partial charge in [-0.3, -0.25) is 0 Å². The largest absolute Gasteiger partial charge is 0.364 e. The first-order chi connectivity index (χ1) is 9.10. The zero-order valence-corrected chi connectivity index (χ0v) is 10.9. The molecule has 0 amide bonds. The lowest BCUT2D eigenvalue weighted by atomic mass is 10.3. The third-order valence-electron chi connectivity index (χ3n) is 3.18. The SMILES string of the molecule is CC(CN1CCCC1)Nc1nc(NN)c(F)cc1F. The highest BCUT2D eigenvalue weighted by molar-refractivity contribution is 5.47. The van der Waals surface area contributed by atoms with Gasteiger partial charge in [0.05, 0.1) is 0 Å². The monoisotopic (exact) mass is 271 g/mol. The van der Waals surface area contributed by atoms with Gasteiger partial charge in [-0.1, -0.05) is 0 Å². The maximum atomic E-state index is 13.6. The van der Waals surface area contributed by atoms with Gasteiger partial charge in [0.2, 0.25) is 0 Å². The fourth-order valence-corrected chi connectivity index (χ4v) is 2.30. The van der Waals surface area contributed by atoms with Crippen molar-refractivity contribution in [3.05, 3.63) is 17.7 Å². The quantitative estimate of drug-likeness (QED) is 0.560. The van der Waals surface area contributed by atoms with Crippen LogP contribution in [0.1, 0.15) is 19.8 Å². The van der Waals surface area contributed by atoms with Gasteiger partial charge in [-0.25, -0.2) is 19.6 Å². The topological polar surface area (TPSA) is 66.2 Å². The molecule has 1 fully saturated rings. The number of likely N-dealkylation sites (tertiary alicyclic amines) is 1. The summed E-state index contributed by atoms with van der Waals surface area (Å²) in [6.45, 7) is 4.89.